The summed E-state index contributed by atoms with van der Waals surface area (Å²) in [6.45, 7) is 5.56. The second kappa shape index (κ2) is 7.60. The summed E-state index contributed by atoms with van der Waals surface area (Å²) >= 11 is 0. The molecule has 0 spiro atoms. The molecule has 24 heavy (non-hydrogen) atoms. The largest absolute Gasteiger partial charge is 0.493 e. The first-order valence-corrected chi connectivity index (χ1v) is 8.26. The van der Waals surface area contributed by atoms with Crippen molar-refractivity contribution in [1.82, 2.24) is 5.32 Å². The van der Waals surface area contributed by atoms with E-state index in [0.29, 0.717) is 11.5 Å². The molecule has 0 saturated carbocycles. The fourth-order valence-electron chi connectivity index (χ4n) is 2.85. The number of alkyl carbamates (subject to hydrolysis) is 1. The van der Waals surface area contributed by atoms with Crippen LogP contribution in [0.5, 0.6) is 11.5 Å². The number of allylic oxidation sites excluding steroid dienone is 2. The first-order valence-electron chi connectivity index (χ1n) is 8.26. The van der Waals surface area contributed by atoms with Gasteiger partial charge in [-0.05, 0) is 57.7 Å². The van der Waals surface area contributed by atoms with Crippen LogP contribution in [0, 0.1) is 0 Å². The summed E-state index contributed by atoms with van der Waals surface area (Å²) < 4.78 is 16.1. The minimum atomic E-state index is -0.516. The molecule has 0 fully saturated rings. The molecule has 1 unspecified atom stereocenters. The maximum absolute atomic E-state index is 12.1. The lowest BCUT2D eigenvalue weighted by Crippen LogP contribution is -2.34. The predicted molar refractivity (Wildman–Crippen MR) is 93.6 cm³/mol. The van der Waals surface area contributed by atoms with Crippen molar-refractivity contribution in [3.8, 4) is 11.5 Å². The van der Waals surface area contributed by atoms with Gasteiger partial charge in [-0.2, -0.15) is 0 Å². The van der Waals surface area contributed by atoms with Crippen molar-refractivity contribution in [2.75, 3.05) is 14.2 Å². The first kappa shape index (κ1) is 18.2. The van der Waals surface area contributed by atoms with Crippen molar-refractivity contribution < 1.29 is 19.0 Å². The number of benzene rings is 1. The standard InChI is InChI=1S/C19H27NO4/c1-19(2,3)24-18(21)20-15-9-7-6-8-14(15)13-10-11-16(22-4)17(12-13)23-5/h9-12,14H,6-8H2,1-5H3,(H,20,21). The molecule has 5 nitrogen and oxygen atoms in total. The number of hydrogen-bond donors (Lipinski definition) is 1. The van der Waals surface area contributed by atoms with Crippen LogP contribution in [0.15, 0.2) is 30.0 Å². The zero-order valence-electron chi connectivity index (χ0n) is 15.1. The van der Waals surface area contributed by atoms with Crippen LogP contribution in [0.4, 0.5) is 4.79 Å². The van der Waals surface area contributed by atoms with Gasteiger partial charge in [0.25, 0.3) is 0 Å². The molecule has 1 aliphatic rings. The van der Waals surface area contributed by atoms with Crippen LogP contribution in [-0.4, -0.2) is 25.9 Å². The summed E-state index contributed by atoms with van der Waals surface area (Å²) in [5.74, 6) is 1.51. The van der Waals surface area contributed by atoms with E-state index >= 15 is 0 Å². The maximum Gasteiger partial charge on any atom is 0.411 e. The molecule has 132 valence electrons. The highest BCUT2D eigenvalue weighted by molar-refractivity contribution is 5.70. The van der Waals surface area contributed by atoms with Crippen molar-refractivity contribution >= 4 is 6.09 Å². The molecule has 1 aliphatic carbocycles. The van der Waals surface area contributed by atoms with Gasteiger partial charge in [0.2, 0.25) is 0 Å². The van der Waals surface area contributed by atoms with E-state index in [-0.39, 0.29) is 5.92 Å². The smallest absolute Gasteiger partial charge is 0.411 e. The minimum Gasteiger partial charge on any atom is -0.493 e. The Balaban J connectivity index is 2.20. The molecule has 1 aromatic rings. The van der Waals surface area contributed by atoms with E-state index in [1.54, 1.807) is 14.2 Å². The lowest BCUT2D eigenvalue weighted by molar-refractivity contribution is 0.0541. The highest BCUT2D eigenvalue weighted by atomic mass is 16.6. The molecule has 2 rings (SSSR count). The van der Waals surface area contributed by atoms with Crippen molar-refractivity contribution in [3.05, 3.63) is 35.5 Å². The zero-order valence-corrected chi connectivity index (χ0v) is 15.1. The van der Waals surface area contributed by atoms with Crippen molar-refractivity contribution in [1.29, 1.82) is 0 Å². The third kappa shape index (κ3) is 4.66. The van der Waals surface area contributed by atoms with Gasteiger partial charge in [0, 0.05) is 11.6 Å². The Hall–Kier alpha value is -2.17. The Kier molecular flexibility index (Phi) is 5.75. The molecule has 0 bridgehead atoms. The zero-order chi connectivity index (χ0) is 17.7. The number of methoxy groups -OCH3 is 2. The van der Waals surface area contributed by atoms with Crippen LogP contribution in [0.3, 0.4) is 0 Å². The fourth-order valence-corrected chi connectivity index (χ4v) is 2.85. The molecule has 1 atom stereocenters. The number of carbonyl (C=O) groups excluding carboxylic acids is 1. The third-order valence-corrected chi connectivity index (χ3v) is 3.89. The molecule has 1 amide bonds. The monoisotopic (exact) mass is 333 g/mol. The summed E-state index contributed by atoms with van der Waals surface area (Å²) in [4.78, 5) is 12.1. The van der Waals surface area contributed by atoms with Crippen LogP contribution >= 0.6 is 0 Å². The average molecular weight is 333 g/mol. The van der Waals surface area contributed by atoms with Gasteiger partial charge in [0.05, 0.1) is 14.2 Å². The lowest BCUT2D eigenvalue weighted by Gasteiger charge is -2.27. The predicted octanol–water partition coefficient (Wildman–Crippen LogP) is 4.38. The van der Waals surface area contributed by atoms with Gasteiger partial charge in [-0.1, -0.05) is 12.1 Å². The van der Waals surface area contributed by atoms with E-state index in [1.165, 1.54) is 0 Å². The van der Waals surface area contributed by atoms with Crippen LogP contribution in [0.1, 0.15) is 51.5 Å². The van der Waals surface area contributed by atoms with Crippen LogP contribution in [0.2, 0.25) is 0 Å². The number of hydrogen-bond acceptors (Lipinski definition) is 4. The number of nitrogens with one attached hydrogen (secondary N) is 1. The third-order valence-electron chi connectivity index (χ3n) is 3.89. The van der Waals surface area contributed by atoms with Gasteiger partial charge in [0.1, 0.15) is 5.60 Å². The van der Waals surface area contributed by atoms with Gasteiger partial charge in [-0.15, -0.1) is 0 Å². The fraction of sp³-hybridized carbons (Fsp3) is 0.526. The van der Waals surface area contributed by atoms with Gasteiger partial charge in [0.15, 0.2) is 11.5 Å². The molecular formula is C19H27NO4. The van der Waals surface area contributed by atoms with Crippen LogP contribution in [-0.2, 0) is 4.74 Å². The van der Waals surface area contributed by atoms with Gasteiger partial charge in [-0.25, -0.2) is 4.79 Å². The van der Waals surface area contributed by atoms with Gasteiger partial charge >= 0.3 is 6.09 Å². The van der Waals surface area contributed by atoms with Gasteiger partial charge in [-0.3, -0.25) is 5.32 Å². The van der Waals surface area contributed by atoms with Crippen molar-refractivity contribution in [3.63, 3.8) is 0 Å². The van der Waals surface area contributed by atoms with Gasteiger partial charge < -0.3 is 14.2 Å². The summed E-state index contributed by atoms with van der Waals surface area (Å²) in [6, 6.07) is 5.88. The number of amides is 1. The van der Waals surface area contributed by atoms with E-state index in [1.807, 2.05) is 39.0 Å². The summed E-state index contributed by atoms with van der Waals surface area (Å²) in [6.07, 6.45) is 4.67. The van der Waals surface area contributed by atoms with Crippen LogP contribution in [0.25, 0.3) is 0 Å². The summed E-state index contributed by atoms with van der Waals surface area (Å²) in [7, 11) is 3.24. The molecular weight excluding hydrogens is 306 g/mol. The Morgan fingerprint density at radius 1 is 1.17 bits per heavy atom. The number of carbonyl (C=O) groups is 1. The highest BCUT2D eigenvalue weighted by Gasteiger charge is 2.24. The summed E-state index contributed by atoms with van der Waals surface area (Å²) in [5.41, 5.74) is 1.47. The Morgan fingerprint density at radius 2 is 1.88 bits per heavy atom. The molecule has 0 aliphatic heterocycles. The van der Waals surface area contributed by atoms with Crippen LogP contribution < -0.4 is 14.8 Å². The Morgan fingerprint density at radius 3 is 2.50 bits per heavy atom. The number of rotatable bonds is 4. The second-order valence-corrected chi connectivity index (χ2v) is 6.88. The second-order valence-electron chi connectivity index (χ2n) is 6.88. The first-order chi connectivity index (χ1) is 11.3. The average Bonchev–Trinajstić information content (AvgIpc) is 2.53. The Bertz CT molecular complexity index is 616. The molecule has 0 aromatic heterocycles. The highest BCUT2D eigenvalue weighted by Crippen LogP contribution is 2.37. The van der Waals surface area contributed by atoms with E-state index in [4.69, 9.17) is 14.2 Å². The van der Waals surface area contributed by atoms with Crippen molar-refractivity contribution in [2.45, 2.75) is 51.6 Å². The van der Waals surface area contributed by atoms with E-state index in [9.17, 15) is 4.79 Å². The lowest BCUT2D eigenvalue weighted by atomic mass is 9.86. The van der Waals surface area contributed by atoms with E-state index in [0.717, 1.165) is 30.5 Å². The minimum absolute atomic E-state index is 0.117. The number of ether oxygens (including phenoxy) is 3. The molecule has 0 radical (unpaired) electrons. The normalized spacial score (nSPS) is 17.7. The molecule has 0 heterocycles. The molecule has 1 N–H and O–H groups in total. The summed E-state index contributed by atoms with van der Waals surface area (Å²) in [5, 5.41) is 2.92. The van der Waals surface area contributed by atoms with E-state index < -0.39 is 11.7 Å². The topological polar surface area (TPSA) is 56.8 Å². The quantitative estimate of drug-likeness (QED) is 0.888. The molecule has 5 heteroatoms. The van der Waals surface area contributed by atoms with E-state index in [2.05, 4.69) is 11.4 Å². The molecule has 1 aromatic carbocycles. The van der Waals surface area contributed by atoms with Crippen molar-refractivity contribution in [2.24, 2.45) is 0 Å². The Labute approximate surface area is 144 Å². The SMILES string of the molecule is COc1ccc(C2CCCC=C2NC(=O)OC(C)(C)C)cc1OC. The molecule has 0 saturated heterocycles. The maximum atomic E-state index is 12.1.